The Labute approximate surface area is 330 Å². The van der Waals surface area contributed by atoms with Crippen LogP contribution in [0.5, 0.6) is 0 Å². The second kappa shape index (κ2) is 13.4. The summed E-state index contributed by atoms with van der Waals surface area (Å²) in [6.45, 7) is 0. The molecular weight excluding hydrogens is 723 g/mol. The standard InChI is InChI=1S/C49H29N5S2/c1-4-15-30(16-5-1)33-21-12-22-34(29-33)48-52-47(32-19-8-3-9-20-32)53-49(54-48)38-26-13-25-37-41-36(24-14-28-40(41)56-44(37)38)43-45-42(35-23-10-11-27-39(35)55-45)50-46(51-43)31-17-6-2-7-18-31/h1-29H. The van der Waals surface area contributed by atoms with Gasteiger partial charge in [-0.05, 0) is 35.4 Å². The van der Waals surface area contributed by atoms with Crippen LogP contribution < -0.4 is 0 Å². The minimum absolute atomic E-state index is 0.631. The molecule has 0 bridgehead atoms. The first-order valence-electron chi connectivity index (χ1n) is 18.4. The van der Waals surface area contributed by atoms with Gasteiger partial charge in [-0.25, -0.2) is 24.9 Å². The molecule has 5 nitrogen and oxygen atoms in total. The van der Waals surface area contributed by atoms with E-state index in [0.29, 0.717) is 17.5 Å². The lowest BCUT2D eigenvalue weighted by Crippen LogP contribution is -2.00. The molecule has 7 aromatic carbocycles. The van der Waals surface area contributed by atoms with E-state index in [-0.39, 0.29) is 0 Å². The average Bonchev–Trinajstić information content (AvgIpc) is 3.86. The SMILES string of the molecule is c1ccc(-c2cccc(-c3nc(-c4ccccc4)nc(-c4cccc5c4sc4cccc(-c6nc(-c7ccccc7)nc7c6sc6ccccc67)c45)n3)c2)cc1. The van der Waals surface area contributed by atoms with Gasteiger partial charge in [-0.15, -0.1) is 22.7 Å². The van der Waals surface area contributed by atoms with Crippen LogP contribution in [-0.2, 0) is 0 Å². The maximum Gasteiger partial charge on any atom is 0.165 e. The second-order valence-electron chi connectivity index (χ2n) is 13.6. The van der Waals surface area contributed by atoms with Crippen molar-refractivity contribution in [3.63, 3.8) is 0 Å². The van der Waals surface area contributed by atoms with Crippen molar-refractivity contribution in [1.29, 1.82) is 0 Å². The minimum atomic E-state index is 0.631. The van der Waals surface area contributed by atoms with Gasteiger partial charge in [-0.2, -0.15) is 0 Å². The van der Waals surface area contributed by atoms with Crippen LogP contribution in [0.2, 0.25) is 0 Å². The highest BCUT2D eigenvalue weighted by molar-refractivity contribution is 7.27. The molecule has 0 aliphatic rings. The van der Waals surface area contributed by atoms with Gasteiger partial charge in [0, 0.05) is 58.1 Å². The predicted molar refractivity (Wildman–Crippen MR) is 234 cm³/mol. The van der Waals surface area contributed by atoms with Crippen LogP contribution in [0.4, 0.5) is 0 Å². The van der Waals surface area contributed by atoms with E-state index >= 15 is 0 Å². The zero-order valence-corrected chi connectivity index (χ0v) is 31.4. The molecule has 0 fully saturated rings. The maximum atomic E-state index is 5.34. The van der Waals surface area contributed by atoms with E-state index in [1.165, 1.54) is 14.8 Å². The van der Waals surface area contributed by atoms with Gasteiger partial charge in [0.1, 0.15) is 0 Å². The highest BCUT2D eigenvalue weighted by Gasteiger charge is 2.22. The molecule has 0 unspecified atom stereocenters. The third kappa shape index (κ3) is 5.56. The molecule has 0 amide bonds. The van der Waals surface area contributed by atoms with Gasteiger partial charge in [-0.3, -0.25) is 0 Å². The number of hydrogen-bond acceptors (Lipinski definition) is 7. The summed E-state index contributed by atoms with van der Waals surface area (Å²) < 4.78 is 4.57. The maximum absolute atomic E-state index is 5.34. The summed E-state index contributed by atoms with van der Waals surface area (Å²) in [7, 11) is 0. The molecule has 56 heavy (non-hydrogen) atoms. The smallest absolute Gasteiger partial charge is 0.165 e. The first kappa shape index (κ1) is 32.5. The van der Waals surface area contributed by atoms with Gasteiger partial charge in [0.25, 0.3) is 0 Å². The first-order chi connectivity index (χ1) is 27.7. The van der Waals surface area contributed by atoms with Crippen molar-refractivity contribution in [3.8, 4) is 67.9 Å². The Bertz CT molecular complexity index is 3250. The van der Waals surface area contributed by atoms with Crippen molar-refractivity contribution in [2.75, 3.05) is 0 Å². The fraction of sp³-hybridized carbons (Fsp3) is 0. The van der Waals surface area contributed by atoms with Crippen LogP contribution in [0.15, 0.2) is 176 Å². The number of thiophene rings is 2. The fourth-order valence-corrected chi connectivity index (χ4v) is 9.90. The minimum Gasteiger partial charge on any atom is -0.226 e. The number of rotatable bonds is 6. The van der Waals surface area contributed by atoms with Crippen molar-refractivity contribution in [3.05, 3.63) is 176 Å². The molecule has 262 valence electrons. The lowest BCUT2D eigenvalue weighted by molar-refractivity contribution is 1.08. The van der Waals surface area contributed by atoms with Gasteiger partial charge in [0.15, 0.2) is 23.3 Å². The number of fused-ring (bicyclic) bond motifs is 6. The van der Waals surface area contributed by atoms with E-state index in [9.17, 15) is 0 Å². The monoisotopic (exact) mass is 751 g/mol. The quantitative estimate of drug-likeness (QED) is 0.169. The zero-order valence-electron chi connectivity index (χ0n) is 29.8. The first-order valence-corrected chi connectivity index (χ1v) is 20.1. The van der Waals surface area contributed by atoms with Gasteiger partial charge >= 0.3 is 0 Å². The van der Waals surface area contributed by atoms with E-state index in [2.05, 4.69) is 133 Å². The Morgan fingerprint density at radius 3 is 1.61 bits per heavy atom. The van der Waals surface area contributed by atoms with E-state index in [1.807, 2.05) is 42.5 Å². The Kier molecular flexibility index (Phi) is 7.79. The van der Waals surface area contributed by atoms with Crippen molar-refractivity contribution in [1.82, 2.24) is 24.9 Å². The van der Waals surface area contributed by atoms with Gasteiger partial charge in [0.05, 0.1) is 15.9 Å². The second-order valence-corrected chi connectivity index (χ2v) is 15.7. The average molecular weight is 752 g/mol. The van der Waals surface area contributed by atoms with Crippen molar-refractivity contribution in [2.45, 2.75) is 0 Å². The van der Waals surface area contributed by atoms with Crippen LogP contribution in [0.1, 0.15) is 0 Å². The zero-order chi connectivity index (χ0) is 37.0. The van der Waals surface area contributed by atoms with Crippen molar-refractivity contribution < 1.29 is 0 Å². The van der Waals surface area contributed by atoms with E-state index in [0.717, 1.165) is 76.2 Å². The summed E-state index contributed by atoms with van der Waals surface area (Å²) in [5, 5.41) is 3.45. The van der Waals surface area contributed by atoms with Gasteiger partial charge in [0.2, 0.25) is 0 Å². The van der Waals surface area contributed by atoms with Crippen molar-refractivity contribution >= 4 is 63.1 Å². The lowest BCUT2D eigenvalue weighted by Gasteiger charge is -2.10. The molecule has 11 aromatic rings. The molecule has 0 atom stereocenters. The molecule has 0 saturated heterocycles. The third-order valence-electron chi connectivity index (χ3n) is 10.2. The normalized spacial score (nSPS) is 11.6. The summed E-state index contributed by atoms with van der Waals surface area (Å²) in [6.07, 6.45) is 0. The summed E-state index contributed by atoms with van der Waals surface area (Å²) in [5.41, 5.74) is 9.09. The highest BCUT2D eigenvalue weighted by Crippen LogP contribution is 2.46. The Morgan fingerprint density at radius 1 is 0.321 bits per heavy atom. The Morgan fingerprint density at radius 2 is 0.839 bits per heavy atom. The van der Waals surface area contributed by atoms with Crippen LogP contribution in [-0.4, -0.2) is 24.9 Å². The summed E-state index contributed by atoms with van der Waals surface area (Å²) in [6, 6.07) is 60.8. The van der Waals surface area contributed by atoms with E-state index in [4.69, 9.17) is 24.9 Å². The van der Waals surface area contributed by atoms with Gasteiger partial charge < -0.3 is 0 Å². The molecular formula is C49H29N5S2. The van der Waals surface area contributed by atoms with Crippen LogP contribution in [0.3, 0.4) is 0 Å². The molecule has 0 saturated carbocycles. The molecule has 0 aliphatic carbocycles. The third-order valence-corrected chi connectivity index (χ3v) is 12.5. The van der Waals surface area contributed by atoms with E-state index < -0.39 is 0 Å². The molecule has 0 N–H and O–H groups in total. The van der Waals surface area contributed by atoms with Crippen LogP contribution in [0.25, 0.3) is 108 Å². The largest absolute Gasteiger partial charge is 0.226 e. The molecule has 7 heteroatoms. The number of benzene rings is 7. The molecule has 0 radical (unpaired) electrons. The number of hydrogen-bond donors (Lipinski definition) is 0. The van der Waals surface area contributed by atoms with Crippen LogP contribution in [0, 0.1) is 0 Å². The van der Waals surface area contributed by atoms with Crippen molar-refractivity contribution in [2.24, 2.45) is 0 Å². The number of nitrogens with zero attached hydrogens (tertiary/aromatic N) is 5. The summed E-state index contributed by atoms with van der Waals surface area (Å²) in [4.78, 5) is 25.9. The summed E-state index contributed by atoms with van der Waals surface area (Å²) >= 11 is 3.52. The summed E-state index contributed by atoms with van der Waals surface area (Å²) in [5.74, 6) is 2.62. The Hall–Kier alpha value is -6.93. The molecule has 4 heterocycles. The molecule has 11 rings (SSSR count). The van der Waals surface area contributed by atoms with Gasteiger partial charge in [-0.1, -0.05) is 152 Å². The number of aromatic nitrogens is 5. The highest BCUT2D eigenvalue weighted by atomic mass is 32.1. The molecule has 0 spiro atoms. The Balaban J connectivity index is 1.13. The molecule has 0 aliphatic heterocycles. The van der Waals surface area contributed by atoms with E-state index in [1.54, 1.807) is 22.7 Å². The lowest BCUT2D eigenvalue weighted by atomic mass is 10.0. The fourth-order valence-electron chi connectivity index (χ4n) is 7.52. The molecule has 4 aromatic heterocycles. The predicted octanol–water partition coefficient (Wildman–Crippen LogP) is 13.4. The topological polar surface area (TPSA) is 64.5 Å². The van der Waals surface area contributed by atoms with Crippen LogP contribution >= 0.6 is 22.7 Å².